The number of nitrogens with zero attached hydrogens (tertiary/aromatic N) is 3. The smallest absolute Gasteiger partial charge is 0.340 e. The lowest BCUT2D eigenvalue weighted by Crippen LogP contribution is -2.15. The number of carbonyl (C=O) groups is 1. The molecule has 0 aliphatic rings. The molecule has 28 heavy (non-hydrogen) atoms. The Labute approximate surface area is 179 Å². The minimum absolute atomic E-state index is 0. The molecule has 162 valence electrons. The summed E-state index contributed by atoms with van der Waals surface area (Å²) in [5, 5.41) is 11.7. The van der Waals surface area contributed by atoms with Crippen molar-refractivity contribution >= 4 is 41.7 Å². The van der Waals surface area contributed by atoms with E-state index in [4.69, 9.17) is 4.74 Å². The Morgan fingerprint density at radius 1 is 1.14 bits per heavy atom. The van der Waals surface area contributed by atoms with Gasteiger partial charge in [0.05, 0.1) is 12.2 Å². The van der Waals surface area contributed by atoms with Gasteiger partial charge in [-0.25, -0.2) is 4.79 Å². The maximum atomic E-state index is 12.6. The van der Waals surface area contributed by atoms with E-state index in [0.29, 0.717) is 25.3 Å². The summed E-state index contributed by atoms with van der Waals surface area (Å²) in [7, 11) is 9.77. The van der Waals surface area contributed by atoms with Crippen molar-refractivity contribution in [1.29, 1.82) is 0 Å². The van der Waals surface area contributed by atoms with Crippen LogP contribution in [0.2, 0.25) is 0 Å². The number of phenolic OH excluding ortho intramolecular Hbond substituents is 1. The molecule has 0 aliphatic carbocycles. The lowest BCUT2D eigenvalue weighted by Gasteiger charge is -2.18. The van der Waals surface area contributed by atoms with E-state index < -0.39 is 0 Å². The Bertz CT molecular complexity index is 805. The van der Waals surface area contributed by atoms with Crippen molar-refractivity contribution in [1.82, 2.24) is 14.4 Å². The summed E-state index contributed by atoms with van der Waals surface area (Å²) in [5.74, 6) is -0.0867. The molecule has 0 radical (unpaired) electrons. The number of esters is 1. The fourth-order valence-corrected chi connectivity index (χ4v) is 3.23. The number of halogens is 2. The zero-order valence-electron chi connectivity index (χ0n) is 17.6. The van der Waals surface area contributed by atoms with Crippen molar-refractivity contribution in [3.05, 3.63) is 28.5 Å². The fourth-order valence-electron chi connectivity index (χ4n) is 3.23. The van der Waals surface area contributed by atoms with E-state index in [1.807, 2.05) is 62.6 Å². The third-order valence-electron chi connectivity index (χ3n) is 4.38. The molecular formula is C19H33Cl2N3O4. The van der Waals surface area contributed by atoms with Gasteiger partial charge in [-0.05, 0) is 48.1 Å². The van der Waals surface area contributed by atoms with Gasteiger partial charge < -0.3 is 29.7 Å². The fraction of sp³-hybridized carbons (Fsp3) is 0.526. The maximum Gasteiger partial charge on any atom is 0.340 e. The van der Waals surface area contributed by atoms with E-state index >= 15 is 0 Å². The van der Waals surface area contributed by atoms with Gasteiger partial charge in [0.25, 0.3) is 0 Å². The monoisotopic (exact) mass is 437 g/mol. The van der Waals surface area contributed by atoms with Crippen molar-refractivity contribution in [2.45, 2.75) is 26.9 Å². The van der Waals surface area contributed by atoms with Crippen molar-refractivity contribution in [3.63, 3.8) is 0 Å². The van der Waals surface area contributed by atoms with Crippen molar-refractivity contribution in [2.24, 2.45) is 7.05 Å². The van der Waals surface area contributed by atoms with Crippen LogP contribution in [0.5, 0.6) is 5.75 Å². The Balaban J connectivity index is 0. The number of hydrogen-bond donors (Lipinski definition) is 1. The highest BCUT2D eigenvalue weighted by Gasteiger charge is 2.25. The highest BCUT2D eigenvalue weighted by Crippen LogP contribution is 2.37. The number of ether oxygens (including phenoxy) is 1. The molecule has 0 spiro atoms. The molecule has 7 nitrogen and oxygen atoms in total. The molecule has 2 aromatic rings. The summed E-state index contributed by atoms with van der Waals surface area (Å²) in [6.07, 6.45) is 0. The van der Waals surface area contributed by atoms with Crippen LogP contribution in [0, 0.1) is 6.92 Å². The van der Waals surface area contributed by atoms with Crippen LogP contribution in [0.1, 0.15) is 34.1 Å². The van der Waals surface area contributed by atoms with Crippen LogP contribution in [-0.2, 0) is 24.9 Å². The molecule has 0 saturated heterocycles. The third-order valence-corrected chi connectivity index (χ3v) is 4.38. The Hall–Kier alpha value is -1.51. The number of carbonyl (C=O) groups excluding carboxylic acids is 1. The minimum Gasteiger partial charge on any atom is -0.507 e. The number of rotatable bonds is 6. The number of fused-ring (bicyclic) bond motifs is 1. The highest BCUT2D eigenvalue weighted by molar-refractivity contribution is 6.08. The van der Waals surface area contributed by atoms with Crippen molar-refractivity contribution < 1.29 is 20.1 Å². The molecule has 0 saturated carbocycles. The first-order valence-corrected chi connectivity index (χ1v) is 8.48. The van der Waals surface area contributed by atoms with Crippen LogP contribution in [0.4, 0.5) is 0 Å². The van der Waals surface area contributed by atoms with Gasteiger partial charge >= 0.3 is 5.97 Å². The molecule has 1 heterocycles. The van der Waals surface area contributed by atoms with Gasteiger partial charge in [0.1, 0.15) is 5.75 Å². The van der Waals surface area contributed by atoms with Gasteiger partial charge in [-0.15, -0.1) is 24.8 Å². The summed E-state index contributed by atoms with van der Waals surface area (Å²) >= 11 is 0. The highest BCUT2D eigenvalue weighted by atomic mass is 35.5. The van der Waals surface area contributed by atoms with E-state index in [0.717, 1.165) is 27.7 Å². The number of hydrogen-bond acceptors (Lipinski definition) is 5. The molecule has 0 unspecified atom stereocenters. The van der Waals surface area contributed by atoms with Gasteiger partial charge in [-0.3, -0.25) is 0 Å². The predicted molar refractivity (Wildman–Crippen MR) is 118 cm³/mol. The van der Waals surface area contributed by atoms with Crippen molar-refractivity contribution in [3.8, 4) is 5.75 Å². The summed E-state index contributed by atoms with van der Waals surface area (Å²) < 4.78 is 7.27. The topological polar surface area (TPSA) is 89.4 Å². The van der Waals surface area contributed by atoms with E-state index in [1.54, 1.807) is 6.92 Å². The molecule has 1 aromatic carbocycles. The van der Waals surface area contributed by atoms with E-state index in [-0.39, 0.29) is 42.0 Å². The number of benzene rings is 1. The molecule has 1 aromatic heterocycles. The standard InChI is InChI=1S/C19H29N3O3.2ClH.H2O/c1-8-25-19(24)16-12(2)22(7)15-9-13(10-20(3)4)18(23)14(17(15)16)11-21(5)6;;;/h9,23H,8,10-11H2,1-7H3;2*1H;1H2. The minimum atomic E-state index is -0.342. The predicted octanol–water partition coefficient (Wildman–Crippen LogP) is 2.51. The van der Waals surface area contributed by atoms with E-state index in [9.17, 15) is 9.90 Å². The van der Waals surface area contributed by atoms with Crippen LogP contribution in [0.3, 0.4) is 0 Å². The molecule has 0 atom stereocenters. The Morgan fingerprint density at radius 2 is 1.68 bits per heavy atom. The number of aromatic hydroxyl groups is 1. The van der Waals surface area contributed by atoms with Gasteiger partial charge in [-0.1, -0.05) is 0 Å². The third kappa shape index (κ3) is 5.52. The SMILES string of the molecule is CCOC(=O)c1c(C)n(C)c2cc(CN(C)C)c(O)c(CN(C)C)c12.Cl.Cl.O. The van der Waals surface area contributed by atoms with Gasteiger partial charge in [-0.2, -0.15) is 0 Å². The van der Waals surface area contributed by atoms with E-state index in [1.165, 1.54) is 0 Å². The van der Waals surface area contributed by atoms with Crippen LogP contribution < -0.4 is 0 Å². The first-order chi connectivity index (χ1) is 11.7. The number of aryl methyl sites for hydroxylation is 1. The normalized spacial score (nSPS) is 10.5. The average molecular weight is 438 g/mol. The molecule has 0 aliphatic heterocycles. The second-order valence-electron chi connectivity index (χ2n) is 6.97. The lowest BCUT2D eigenvalue weighted by atomic mass is 9.99. The van der Waals surface area contributed by atoms with Crippen molar-refractivity contribution in [2.75, 3.05) is 34.8 Å². The molecule has 0 bridgehead atoms. The molecule has 0 fully saturated rings. The van der Waals surface area contributed by atoms with Gasteiger partial charge in [0, 0.05) is 47.9 Å². The largest absolute Gasteiger partial charge is 0.507 e. The maximum absolute atomic E-state index is 12.6. The van der Waals surface area contributed by atoms with Crippen LogP contribution in [0.25, 0.3) is 10.9 Å². The number of aromatic nitrogens is 1. The number of phenols is 1. The summed E-state index contributed by atoms with van der Waals surface area (Å²) in [4.78, 5) is 16.6. The molecule has 9 heteroatoms. The van der Waals surface area contributed by atoms with Crippen LogP contribution >= 0.6 is 24.8 Å². The second kappa shape index (κ2) is 11.5. The molecule has 0 amide bonds. The average Bonchev–Trinajstić information content (AvgIpc) is 2.75. The van der Waals surface area contributed by atoms with Gasteiger partial charge in [0.2, 0.25) is 0 Å². The van der Waals surface area contributed by atoms with E-state index in [2.05, 4.69) is 0 Å². The quantitative estimate of drug-likeness (QED) is 0.701. The lowest BCUT2D eigenvalue weighted by molar-refractivity contribution is 0.0527. The molecular weight excluding hydrogens is 405 g/mol. The second-order valence-corrected chi connectivity index (χ2v) is 6.97. The summed E-state index contributed by atoms with van der Waals surface area (Å²) in [6, 6.07) is 1.97. The zero-order chi connectivity index (χ0) is 18.9. The first-order valence-electron chi connectivity index (χ1n) is 8.48. The Morgan fingerprint density at radius 3 is 2.14 bits per heavy atom. The van der Waals surface area contributed by atoms with Gasteiger partial charge in [0.15, 0.2) is 0 Å². The zero-order valence-corrected chi connectivity index (χ0v) is 19.3. The van der Waals surface area contributed by atoms with Crippen LogP contribution in [0.15, 0.2) is 6.07 Å². The summed E-state index contributed by atoms with van der Waals surface area (Å²) in [6.45, 7) is 5.20. The first kappa shape index (κ1) is 28.7. The summed E-state index contributed by atoms with van der Waals surface area (Å²) in [5.41, 5.74) is 3.95. The van der Waals surface area contributed by atoms with Crippen LogP contribution in [-0.4, -0.2) is 65.7 Å². The Kier molecular flexibility index (Phi) is 11.8. The molecule has 3 N–H and O–H groups in total. The molecule has 2 rings (SSSR count).